The van der Waals surface area contributed by atoms with E-state index in [1.54, 1.807) is 24.4 Å². The Bertz CT molecular complexity index is 1050. The van der Waals surface area contributed by atoms with Gasteiger partial charge in [-0.2, -0.15) is 5.26 Å². The van der Waals surface area contributed by atoms with Gasteiger partial charge in [-0.3, -0.25) is 9.69 Å². The van der Waals surface area contributed by atoms with Crippen LogP contribution in [0, 0.1) is 23.2 Å². The number of amides is 1. The molecule has 0 bridgehead atoms. The number of rotatable bonds is 6. The number of piperidine rings is 1. The Labute approximate surface area is 210 Å². The van der Waals surface area contributed by atoms with Crippen LogP contribution >= 0.6 is 23.2 Å². The summed E-state index contributed by atoms with van der Waals surface area (Å²) in [5, 5.41) is 9.94. The highest BCUT2D eigenvalue weighted by Gasteiger charge is 2.42. The van der Waals surface area contributed by atoms with Crippen LogP contribution in [0.1, 0.15) is 31.2 Å². The molecular formula is C25H29Cl2N5O2. The molecule has 180 valence electrons. The van der Waals surface area contributed by atoms with Gasteiger partial charge in [0, 0.05) is 36.9 Å². The number of halogens is 2. The Balaban J connectivity index is 1.51. The number of hydrogen-bond acceptors (Lipinski definition) is 6. The zero-order valence-electron chi connectivity index (χ0n) is 19.2. The Kier molecular flexibility index (Phi) is 7.82. The molecule has 0 radical (unpaired) electrons. The maximum absolute atomic E-state index is 13.5. The number of nitriles is 1. The SMILES string of the molecule is C[C@H](Oc1ccc(N)cn1)[C@H]1CN(C(=O)C2CCN(CC#N)CC2)C[C@@H]1c1ccc(Cl)c(Cl)c1. The molecule has 1 aromatic carbocycles. The lowest BCUT2D eigenvalue weighted by Crippen LogP contribution is -2.42. The third-order valence-corrected chi connectivity index (χ3v) is 7.69. The molecule has 0 saturated carbocycles. The van der Waals surface area contributed by atoms with Crippen LogP contribution < -0.4 is 10.5 Å². The normalized spacial score (nSPS) is 22.4. The molecule has 7 nitrogen and oxygen atoms in total. The highest BCUT2D eigenvalue weighted by Crippen LogP contribution is 2.39. The van der Waals surface area contributed by atoms with Crippen LogP contribution in [0.2, 0.25) is 10.0 Å². The van der Waals surface area contributed by atoms with E-state index in [4.69, 9.17) is 38.9 Å². The van der Waals surface area contributed by atoms with Crippen molar-refractivity contribution in [3.05, 3.63) is 52.1 Å². The topological polar surface area (TPSA) is 95.5 Å². The van der Waals surface area contributed by atoms with Crippen molar-refractivity contribution in [3.8, 4) is 11.9 Å². The zero-order chi connectivity index (χ0) is 24.2. The van der Waals surface area contributed by atoms with Gasteiger partial charge in [0.05, 0.1) is 34.5 Å². The number of ether oxygens (including phenoxy) is 1. The van der Waals surface area contributed by atoms with Gasteiger partial charge in [-0.05, 0) is 56.6 Å². The molecule has 1 amide bonds. The second kappa shape index (κ2) is 10.8. The number of benzene rings is 1. The Morgan fingerprint density at radius 3 is 2.65 bits per heavy atom. The molecule has 2 fully saturated rings. The van der Waals surface area contributed by atoms with Crippen molar-refractivity contribution in [1.29, 1.82) is 5.26 Å². The van der Waals surface area contributed by atoms with Crippen LogP contribution in [-0.4, -0.2) is 59.5 Å². The first-order chi connectivity index (χ1) is 16.4. The average molecular weight is 502 g/mol. The molecule has 2 saturated heterocycles. The molecule has 9 heteroatoms. The lowest BCUT2D eigenvalue weighted by molar-refractivity contribution is -0.136. The van der Waals surface area contributed by atoms with Crippen molar-refractivity contribution < 1.29 is 9.53 Å². The highest BCUT2D eigenvalue weighted by atomic mass is 35.5. The summed E-state index contributed by atoms with van der Waals surface area (Å²) in [6.45, 7) is 5.18. The average Bonchev–Trinajstić information content (AvgIpc) is 3.28. The maximum atomic E-state index is 13.5. The summed E-state index contributed by atoms with van der Waals surface area (Å²) in [6, 6.07) is 11.4. The van der Waals surface area contributed by atoms with Gasteiger partial charge in [-0.25, -0.2) is 4.98 Å². The monoisotopic (exact) mass is 501 g/mol. The van der Waals surface area contributed by atoms with Gasteiger partial charge in [0.15, 0.2) is 0 Å². The molecule has 34 heavy (non-hydrogen) atoms. The summed E-state index contributed by atoms with van der Waals surface area (Å²) in [5.74, 6) is 0.782. The van der Waals surface area contributed by atoms with Gasteiger partial charge in [0.2, 0.25) is 11.8 Å². The van der Waals surface area contributed by atoms with Crippen molar-refractivity contribution in [2.45, 2.75) is 31.8 Å². The number of pyridine rings is 1. The second-order valence-electron chi connectivity index (χ2n) is 9.15. The minimum atomic E-state index is -0.189. The van der Waals surface area contributed by atoms with Crippen molar-refractivity contribution in [3.63, 3.8) is 0 Å². The Morgan fingerprint density at radius 1 is 1.24 bits per heavy atom. The van der Waals surface area contributed by atoms with Crippen LogP contribution in [0.4, 0.5) is 5.69 Å². The van der Waals surface area contributed by atoms with E-state index >= 15 is 0 Å². The Hall–Kier alpha value is -2.53. The van der Waals surface area contributed by atoms with E-state index in [9.17, 15) is 4.79 Å². The number of nitrogens with zero attached hydrogens (tertiary/aromatic N) is 4. The van der Waals surface area contributed by atoms with E-state index < -0.39 is 0 Å². The van der Waals surface area contributed by atoms with Crippen LogP contribution in [0.3, 0.4) is 0 Å². The van der Waals surface area contributed by atoms with Gasteiger partial charge in [-0.1, -0.05) is 29.3 Å². The fourth-order valence-corrected chi connectivity index (χ4v) is 5.32. The van der Waals surface area contributed by atoms with E-state index in [0.717, 1.165) is 31.5 Å². The minimum Gasteiger partial charge on any atom is -0.474 e. The summed E-state index contributed by atoms with van der Waals surface area (Å²) in [5.41, 5.74) is 7.36. The van der Waals surface area contributed by atoms with Crippen molar-refractivity contribution in [1.82, 2.24) is 14.8 Å². The fourth-order valence-electron chi connectivity index (χ4n) is 5.02. The van der Waals surface area contributed by atoms with Gasteiger partial charge in [-0.15, -0.1) is 0 Å². The largest absolute Gasteiger partial charge is 0.474 e. The van der Waals surface area contributed by atoms with Crippen LogP contribution in [0.5, 0.6) is 5.88 Å². The molecule has 3 atom stereocenters. The molecule has 4 rings (SSSR count). The molecular weight excluding hydrogens is 473 g/mol. The number of hydrogen-bond donors (Lipinski definition) is 1. The molecule has 2 aromatic rings. The zero-order valence-corrected chi connectivity index (χ0v) is 20.7. The first-order valence-electron chi connectivity index (χ1n) is 11.6. The molecule has 0 spiro atoms. The smallest absolute Gasteiger partial charge is 0.225 e. The standard InChI is InChI=1S/C25H29Cl2N5O2/c1-16(34-24-5-3-19(29)13-30-24)20-14-32(15-21(20)18-2-4-22(26)23(27)12-18)25(33)17-6-9-31(10-7-17)11-8-28/h2-5,12-13,16-17,20-21H,6-7,9-11,14-15,29H2,1H3/t16-,20+,21+/m0/s1. The summed E-state index contributed by atoms with van der Waals surface area (Å²) >= 11 is 12.5. The van der Waals surface area contributed by atoms with Crippen LogP contribution in [-0.2, 0) is 4.79 Å². The summed E-state index contributed by atoms with van der Waals surface area (Å²) in [4.78, 5) is 21.8. The predicted molar refractivity (Wildman–Crippen MR) is 133 cm³/mol. The molecule has 1 aromatic heterocycles. The summed E-state index contributed by atoms with van der Waals surface area (Å²) in [6.07, 6.45) is 2.94. The number of likely N-dealkylation sites (tertiary alicyclic amines) is 2. The number of aromatic nitrogens is 1. The van der Waals surface area contributed by atoms with Gasteiger partial charge in [0.25, 0.3) is 0 Å². The van der Waals surface area contributed by atoms with Crippen LogP contribution in [0.25, 0.3) is 0 Å². The summed E-state index contributed by atoms with van der Waals surface area (Å²) < 4.78 is 6.17. The minimum absolute atomic E-state index is 0.0156. The van der Waals surface area contributed by atoms with Crippen LogP contribution in [0.15, 0.2) is 36.5 Å². The van der Waals surface area contributed by atoms with Gasteiger partial charge in [0.1, 0.15) is 6.10 Å². The highest BCUT2D eigenvalue weighted by molar-refractivity contribution is 6.42. The van der Waals surface area contributed by atoms with E-state index in [-0.39, 0.29) is 29.8 Å². The number of carbonyl (C=O) groups excluding carboxylic acids is 1. The first-order valence-corrected chi connectivity index (χ1v) is 12.3. The number of nitrogens with two attached hydrogens (primary N) is 1. The second-order valence-corrected chi connectivity index (χ2v) is 9.96. The maximum Gasteiger partial charge on any atom is 0.225 e. The fraction of sp³-hybridized carbons (Fsp3) is 0.480. The molecule has 2 aliphatic heterocycles. The predicted octanol–water partition coefficient (Wildman–Crippen LogP) is 4.22. The molecule has 2 aliphatic rings. The lowest BCUT2D eigenvalue weighted by atomic mass is 9.86. The Morgan fingerprint density at radius 2 is 2.00 bits per heavy atom. The third-order valence-electron chi connectivity index (χ3n) is 6.95. The molecule has 0 unspecified atom stereocenters. The van der Waals surface area contributed by atoms with E-state index in [2.05, 4.69) is 16.0 Å². The first kappa shape index (κ1) is 24.6. The van der Waals surface area contributed by atoms with E-state index in [1.165, 1.54) is 0 Å². The summed E-state index contributed by atoms with van der Waals surface area (Å²) in [7, 11) is 0. The van der Waals surface area contributed by atoms with Gasteiger partial charge < -0.3 is 15.4 Å². The molecule has 3 heterocycles. The molecule has 0 aliphatic carbocycles. The van der Waals surface area contributed by atoms with Crippen molar-refractivity contribution >= 4 is 34.8 Å². The molecule has 2 N–H and O–H groups in total. The number of nitrogen functional groups attached to an aromatic ring is 1. The number of carbonyl (C=O) groups is 1. The van der Waals surface area contributed by atoms with Crippen molar-refractivity contribution in [2.75, 3.05) is 38.5 Å². The quantitative estimate of drug-likeness (QED) is 0.595. The number of anilines is 1. The third kappa shape index (κ3) is 5.57. The van der Waals surface area contributed by atoms with Crippen molar-refractivity contribution in [2.24, 2.45) is 11.8 Å². The van der Waals surface area contributed by atoms with Gasteiger partial charge >= 0.3 is 0 Å². The lowest BCUT2D eigenvalue weighted by Gasteiger charge is -2.32. The van der Waals surface area contributed by atoms with E-state index in [0.29, 0.717) is 41.2 Å². The van der Waals surface area contributed by atoms with E-state index in [1.807, 2.05) is 24.0 Å².